The van der Waals surface area contributed by atoms with Gasteiger partial charge in [-0.05, 0) is 62.7 Å². The Morgan fingerprint density at radius 2 is 1.44 bits per heavy atom. The number of carbonyl (C=O) groups is 1. The molecule has 7 heteroatoms. The highest BCUT2D eigenvalue weighted by atomic mass is 32.2. The van der Waals surface area contributed by atoms with Crippen LogP contribution in [0.15, 0.2) is 77.7 Å². The molecule has 0 aliphatic carbocycles. The molecule has 1 atom stereocenters. The number of hydrogen-bond acceptors (Lipinski definition) is 4. The Morgan fingerprint density at radius 3 is 1.97 bits per heavy atom. The summed E-state index contributed by atoms with van der Waals surface area (Å²) in [5.41, 5.74) is 3.28. The highest BCUT2D eigenvalue weighted by Crippen LogP contribution is 2.25. The third kappa shape index (κ3) is 5.48. The molecule has 0 aromatic heterocycles. The van der Waals surface area contributed by atoms with Crippen molar-refractivity contribution in [3.63, 3.8) is 0 Å². The smallest absolute Gasteiger partial charge is 0.264 e. The van der Waals surface area contributed by atoms with Gasteiger partial charge in [0.15, 0.2) is 0 Å². The maximum atomic E-state index is 13.4. The first-order valence-electron chi connectivity index (χ1n) is 10.3. The fraction of sp³-hybridized carbons (Fsp3) is 0.240. The fourth-order valence-electron chi connectivity index (χ4n) is 3.26. The van der Waals surface area contributed by atoms with Gasteiger partial charge < -0.3 is 10.1 Å². The number of aryl methyl sites for hydroxylation is 2. The first-order valence-corrected chi connectivity index (χ1v) is 11.7. The van der Waals surface area contributed by atoms with Crippen LogP contribution in [0.3, 0.4) is 0 Å². The van der Waals surface area contributed by atoms with Crippen molar-refractivity contribution >= 4 is 21.6 Å². The van der Waals surface area contributed by atoms with Crippen LogP contribution in [0.5, 0.6) is 5.75 Å². The van der Waals surface area contributed by atoms with E-state index in [9.17, 15) is 13.2 Å². The van der Waals surface area contributed by atoms with Crippen molar-refractivity contribution in [3.8, 4) is 5.75 Å². The topological polar surface area (TPSA) is 75.7 Å². The molecule has 0 aliphatic rings. The SMILES string of the molecule is COc1ccc(C(C)NC(=O)CN(c2ccc(C)cc2)S(=O)(=O)c2ccc(C)cc2)cc1. The monoisotopic (exact) mass is 452 g/mol. The number of methoxy groups -OCH3 is 1. The van der Waals surface area contributed by atoms with Crippen LogP contribution in [0.1, 0.15) is 29.7 Å². The highest BCUT2D eigenvalue weighted by Gasteiger charge is 2.27. The largest absolute Gasteiger partial charge is 0.497 e. The average molecular weight is 453 g/mol. The normalized spacial score (nSPS) is 12.1. The molecule has 1 N–H and O–H groups in total. The lowest BCUT2D eigenvalue weighted by Gasteiger charge is -2.25. The summed E-state index contributed by atoms with van der Waals surface area (Å²) >= 11 is 0. The number of sulfonamides is 1. The summed E-state index contributed by atoms with van der Waals surface area (Å²) in [4.78, 5) is 13.0. The fourth-order valence-corrected chi connectivity index (χ4v) is 4.68. The van der Waals surface area contributed by atoms with Gasteiger partial charge >= 0.3 is 0 Å². The zero-order valence-electron chi connectivity index (χ0n) is 18.7. The van der Waals surface area contributed by atoms with Crippen molar-refractivity contribution in [2.75, 3.05) is 18.0 Å². The third-order valence-electron chi connectivity index (χ3n) is 5.21. The van der Waals surface area contributed by atoms with Gasteiger partial charge in [-0.1, -0.05) is 47.5 Å². The van der Waals surface area contributed by atoms with Crippen molar-refractivity contribution in [1.29, 1.82) is 0 Å². The lowest BCUT2D eigenvalue weighted by atomic mass is 10.1. The van der Waals surface area contributed by atoms with E-state index in [1.807, 2.05) is 57.2 Å². The van der Waals surface area contributed by atoms with Crippen LogP contribution in [-0.2, 0) is 14.8 Å². The van der Waals surface area contributed by atoms with Crippen LogP contribution in [0.4, 0.5) is 5.69 Å². The Bertz CT molecular complexity index is 1160. The second-order valence-corrected chi connectivity index (χ2v) is 9.58. The molecule has 0 fully saturated rings. The summed E-state index contributed by atoms with van der Waals surface area (Å²) in [7, 11) is -2.34. The minimum Gasteiger partial charge on any atom is -0.497 e. The molecular formula is C25H28N2O4S. The number of rotatable bonds is 8. The van der Waals surface area contributed by atoms with Crippen molar-refractivity contribution in [2.24, 2.45) is 0 Å². The molecule has 1 unspecified atom stereocenters. The molecule has 0 spiro atoms. The van der Waals surface area contributed by atoms with Crippen molar-refractivity contribution in [2.45, 2.75) is 31.7 Å². The molecule has 32 heavy (non-hydrogen) atoms. The van der Waals surface area contributed by atoms with Gasteiger partial charge in [0.25, 0.3) is 10.0 Å². The molecule has 3 rings (SSSR count). The summed E-state index contributed by atoms with van der Waals surface area (Å²) in [6.07, 6.45) is 0. The van der Waals surface area contributed by atoms with E-state index in [0.29, 0.717) is 5.69 Å². The van der Waals surface area contributed by atoms with Gasteiger partial charge in [-0.2, -0.15) is 0 Å². The molecule has 0 heterocycles. The number of amides is 1. The van der Waals surface area contributed by atoms with Gasteiger partial charge in [-0.15, -0.1) is 0 Å². The van der Waals surface area contributed by atoms with E-state index in [4.69, 9.17) is 4.74 Å². The Morgan fingerprint density at radius 1 is 0.906 bits per heavy atom. The zero-order valence-corrected chi connectivity index (χ0v) is 19.5. The molecule has 6 nitrogen and oxygen atoms in total. The molecule has 3 aromatic carbocycles. The minimum absolute atomic E-state index is 0.139. The minimum atomic E-state index is -3.93. The van der Waals surface area contributed by atoms with Gasteiger partial charge in [0.1, 0.15) is 12.3 Å². The van der Waals surface area contributed by atoms with Gasteiger partial charge in [-0.3, -0.25) is 9.10 Å². The third-order valence-corrected chi connectivity index (χ3v) is 7.00. The van der Waals surface area contributed by atoms with Crippen LogP contribution < -0.4 is 14.4 Å². The first kappa shape index (κ1) is 23.3. The zero-order chi connectivity index (χ0) is 23.3. The molecule has 168 valence electrons. The number of hydrogen-bond donors (Lipinski definition) is 1. The highest BCUT2D eigenvalue weighted by molar-refractivity contribution is 7.92. The molecule has 3 aromatic rings. The first-order chi connectivity index (χ1) is 15.2. The molecule has 0 bridgehead atoms. The van der Waals surface area contributed by atoms with E-state index in [1.165, 1.54) is 0 Å². The van der Waals surface area contributed by atoms with Crippen LogP contribution in [0, 0.1) is 13.8 Å². The Hall–Kier alpha value is -3.32. The maximum Gasteiger partial charge on any atom is 0.264 e. The number of carbonyl (C=O) groups excluding carboxylic acids is 1. The summed E-state index contributed by atoms with van der Waals surface area (Å²) in [6.45, 7) is 5.33. The number of nitrogens with one attached hydrogen (secondary N) is 1. The Labute approximate surface area is 189 Å². The summed E-state index contributed by atoms with van der Waals surface area (Å²) in [5, 5.41) is 2.89. The predicted octanol–water partition coefficient (Wildman–Crippen LogP) is 4.38. The average Bonchev–Trinajstić information content (AvgIpc) is 2.78. The van der Waals surface area contributed by atoms with Gasteiger partial charge in [0.05, 0.1) is 23.7 Å². The molecular weight excluding hydrogens is 424 g/mol. The number of anilines is 1. The van der Waals surface area contributed by atoms with Crippen molar-refractivity contribution < 1.29 is 17.9 Å². The second kappa shape index (κ2) is 9.87. The summed E-state index contributed by atoms with van der Waals surface area (Å²) < 4.78 is 33.2. The van der Waals surface area contributed by atoms with E-state index in [-0.39, 0.29) is 17.5 Å². The summed E-state index contributed by atoms with van der Waals surface area (Å²) in [5.74, 6) is 0.326. The summed E-state index contributed by atoms with van der Waals surface area (Å²) in [6, 6.07) is 20.7. The Balaban J connectivity index is 1.85. The van der Waals surface area contributed by atoms with Crippen LogP contribution in [0.2, 0.25) is 0 Å². The van der Waals surface area contributed by atoms with E-state index in [2.05, 4.69) is 5.32 Å². The number of benzene rings is 3. The Kier molecular flexibility index (Phi) is 7.20. The number of nitrogens with zero attached hydrogens (tertiary/aromatic N) is 1. The van der Waals surface area contributed by atoms with E-state index in [1.54, 1.807) is 43.5 Å². The van der Waals surface area contributed by atoms with Crippen LogP contribution in [0.25, 0.3) is 0 Å². The van der Waals surface area contributed by atoms with E-state index >= 15 is 0 Å². The second-order valence-electron chi connectivity index (χ2n) is 7.72. The molecule has 0 aliphatic heterocycles. The quantitative estimate of drug-likeness (QED) is 0.550. The van der Waals surface area contributed by atoms with E-state index < -0.39 is 15.9 Å². The standard InChI is InChI=1S/C25H28N2O4S/c1-18-5-11-22(12-6-18)27(32(29,30)24-15-7-19(2)8-16-24)17-25(28)26-20(3)21-9-13-23(31-4)14-10-21/h5-16,20H,17H2,1-4H3,(H,26,28). The molecule has 0 saturated heterocycles. The van der Waals surface area contributed by atoms with Crippen molar-refractivity contribution in [3.05, 3.63) is 89.5 Å². The van der Waals surface area contributed by atoms with Gasteiger partial charge in [0, 0.05) is 0 Å². The molecule has 1 amide bonds. The van der Waals surface area contributed by atoms with E-state index in [0.717, 1.165) is 26.7 Å². The van der Waals surface area contributed by atoms with Gasteiger partial charge in [-0.25, -0.2) is 8.42 Å². The maximum absolute atomic E-state index is 13.4. The van der Waals surface area contributed by atoms with Crippen molar-refractivity contribution in [1.82, 2.24) is 5.32 Å². The van der Waals surface area contributed by atoms with Crippen LogP contribution >= 0.6 is 0 Å². The lowest BCUT2D eigenvalue weighted by Crippen LogP contribution is -2.41. The van der Waals surface area contributed by atoms with Crippen LogP contribution in [-0.4, -0.2) is 28.0 Å². The van der Waals surface area contributed by atoms with Gasteiger partial charge in [0.2, 0.25) is 5.91 Å². The predicted molar refractivity (Wildman–Crippen MR) is 126 cm³/mol. The lowest BCUT2D eigenvalue weighted by molar-refractivity contribution is -0.120. The molecule has 0 radical (unpaired) electrons. The molecule has 0 saturated carbocycles. The number of ether oxygens (including phenoxy) is 1.